The molecule has 23 heavy (non-hydrogen) atoms. The van der Waals surface area contributed by atoms with Crippen LogP contribution in [-0.4, -0.2) is 49.5 Å². The molecule has 0 aromatic heterocycles. The van der Waals surface area contributed by atoms with E-state index >= 15 is 0 Å². The van der Waals surface area contributed by atoms with E-state index in [4.69, 9.17) is 9.47 Å². The topological polar surface area (TPSA) is 55.8 Å². The van der Waals surface area contributed by atoms with Crippen molar-refractivity contribution in [1.29, 1.82) is 0 Å². The lowest BCUT2D eigenvalue weighted by Gasteiger charge is -2.32. The fourth-order valence-corrected chi connectivity index (χ4v) is 2.75. The lowest BCUT2D eigenvalue weighted by molar-refractivity contribution is -0.135. The first-order valence-corrected chi connectivity index (χ1v) is 8.19. The Kier molecular flexibility index (Phi) is 6.59. The molecular weight excluding hydrogens is 294 g/mol. The Hall–Kier alpha value is -1.88. The average Bonchev–Trinajstić information content (AvgIpc) is 2.58. The SMILES string of the molecule is CCOCC1CCCN(C(=O)COc2cccc(C(C)=O)c2)C1. The highest BCUT2D eigenvalue weighted by atomic mass is 16.5. The van der Waals surface area contributed by atoms with Crippen LogP contribution in [0.5, 0.6) is 5.75 Å². The second kappa shape index (κ2) is 8.67. The summed E-state index contributed by atoms with van der Waals surface area (Å²) in [6.07, 6.45) is 2.11. The summed E-state index contributed by atoms with van der Waals surface area (Å²) >= 11 is 0. The Morgan fingerprint density at radius 2 is 2.17 bits per heavy atom. The van der Waals surface area contributed by atoms with E-state index in [2.05, 4.69) is 0 Å². The third-order valence-electron chi connectivity index (χ3n) is 4.03. The van der Waals surface area contributed by atoms with E-state index in [9.17, 15) is 9.59 Å². The minimum atomic E-state index is -0.0171. The van der Waals surface area contributed by atoms with Gasteiger partial charge in [0.1, 0.15) is 5.75 Å². The Morgan fingerprint density at radius 3 is 2.91 bits per heavy atom. The average molecular weight is 319 g/mol. The van der Waals surface area contributed by atoms with Crippen molar-refractivity contribution in [2.45, 2.75) is 26.7 Å². The summed E-state index contributed by atoms with van der Waals surface area (Å²) in [6, 6.07) is 6.92. The fourth-order valence-electron chi connectivity index (χ4n) is 2.75. The van der Waals surface area contributed by atoms with Crippen LogP contribution in [0.3, 0.4) is 0 Å². The molecule has 0 N–H and O–H groups in total. The summed E-state index contributed by atoms with van der Waals surface area (Å²) in [5, 5.41) is 0. The zero-order valence-corrected chi connectivity index (χ0v) is 13.9. The van der Waals surface area contributed by atoms with E-state index in [1.165, 1.54) is 6.92 Å². The highest BCUT2D eigenvalue weighted by Crippen LogP contribution is 2.18. The normalized spacial score (nSPS) is 17.8. The van der Waals surface area contributed by atoms with E-state index in [0.29, 0.717) is 30.4 Å². The van der Waals surface area contributed by atoms with Gasteiger partial charge in [-0.15, -0.1) is 0 Å². The molecule has 1 aromatic rings. The quantitative estimate of drug-likeness (QED) is 0.725. The molecule has 1 amide bonds. The van der Waals surface area contributed by atoms with E-state index < -0.39 is 0 Å². The van der Waals surface area contributed by atoms with Crippen molar-refractivity contribution in [3.63, 3.8) is 0 Å². The van der Waals surface area contributed by atoms with E-state index in [0.717, 1.165) is 25.9 Å². The van der Waals surface area contributed by atoms with Crippen molar-refractivity contribution >= 4 is 11.7 Å². The van der Waals surface area contributed by atoms with Gasteiger partial charge in [0.25, 0.3) is 5.91 Å². The Bertz CT molecular complexity index is 544. The molecule has 1 aliphatic rings. The second-order valence-corrected chi connectivity index (χ2v) is 5.88. The number of likely N-dealkylation sites (tertiary alicyclic amines) is 1. The molecule has 5 nitrogen and oxygen atoms in total. The summed E-state index contributed by atoms with van der Waals surface area (Å²) in [6.45, 7) is 6.42. The van der Waals surface area contributed by atoms with Gasteiger partial charge in [0.05, 0.1) is 6.61 Å². The Labute approximate surface area is 137 Å². The maximum absolute atomic E-state index is 12.3. The number of nitrogens with zero attached hydrogens (tertiary/aromatic N) is 1. The van der Waals surface area contributed by atoms with E-state index in [1.54, 1.807) is 24.3 Å². The zero-order valence-electron chi connectivity index (χ0n) is 13.9. The first kappa shape index (κ1) is 17.5. The lowest BCUT2D eigenvalue weighted by Crippen LogP contribution is -2.43. The third kappa shape index (κ3) is 5.36. The number of benzene rings is 1. The number of ether oxygens (including phenoxy) is 2. The van der Waals surface area contributed by atoms with Gasteiger partial charge >= 0.3 is 0 Å². The van der Waals surface area contributed by atoms with Crippen LogP contribution in [0.4, 0.5) is 0 Å². The van der Waals surface area contributed by atoms with Crippen LogP contribution in [0.15, 0.2) is 24.3 Å². The van der Waals surface area contributed by atoms with Gasteiger partial charge in [-0.3, -0.25) is 9.59 Å². The molecule has 1 atom stereocenters. The van der Waals surface area contributed by atoms with Crippen LogP contribution in [0.1, 0.15) is 37.0 Å². The molecule has 0 aliphatic carbocycles. The van der Waals surface area contributed by atoms with Gasteiger partial charge in [0.2, 0.25) is 0 Å². The van der Waals surface area contributed by atoms with Crippen LogP contribution >= 0.6 is 0 Å². The number of Topliss-reactive ketones (excluding diaryl/α,β-unsaturated/α-hetero) is 1. The van der Waals surface area contributed by atoms with E-state index in [-0.39, 0.29) is 18.3 Å². The van der Waals surface area contributed by atoms with Gasteiger partial charge in [0.15, 0.2) is 12.4 Å². The lowest BCUT2D eigenvalue weighted by atomic mass is 9.99. The molecule has 0 radical (unpaired) electrons. The third-order valence-corrected chi connectivity index (χ3v) is 4.03. The van der Waals surface area contributed by atoms with Crippen LogP contribution in [0.25, 0.3) is 0 Å². The number of carbonyl (C=O) groups excluding carboxylic acids is 2. The number of ketones is 1. The van der Waals surface area contributed by atoms with Crippen LogP contribution in [0, 0.1) is 5.92 Å². The molecular formula is C18H25NO4. The molecule has 1 fully saturated rings. The van der Waals surface area contributed by atoms with Crippen LogP contribution in [0.2, 0.25) is 0 Å². The Balaban J connectivity index is 1.84. The summed E-state index contributed by atoms with van der Waals surface area (Å²) in [5.41, 5.74) is 0.588. The molecule has 126 valence electrons. The zero-order chi connectivity index (χ0) is 16.7. The van der Waals surface area contributed by atoms with Gasteiger partial charge in [-0.25, -0.2) is 0 Å². The van der Waals surface area contributed by atoms with Crippen molar-refractivity contribution in [3.8, 4) is 5.75 Å². The molecule has 1 aliphatic heterocycles. The minimum Gasteiger partial charge on any atom is -0.484 e. The van der Waals surface area contributed by atoms with Gasteiger partial charge < -0.3 is 14.4 Å². The molecule has 0 spiro atoms. The van der Waals surface area contributed by atoms with Gasteiger partial charge in [-0.05, 0) is 44.7 Å². The molecule has 1 aromatic carbocycles. The van der Waals surface area contributed by atoms with Crippen LogP contribution in [-0.2, 0) is 9.53 Å². The van der Waals surface area contributed by atoms with Crippen LogP contribution < -0.4 is 4.74 Å². The molecule has 0 bridgehead atoms. The van der Waals surface area contributed by atoms with Crippen molar-refractivity contribution in [2.24, 2.45) is 5.92 Å². The first-order chi connectivity index (χ1) is 11.1. The number of hydrogen-bond donors (Lipinski definition) is 0. The monoisotopic (exact) mass is 319 g/mol. The number of rotatable bonds is 7. The highest BCUT2D eigenvalue weighted by Gasteiger charge is 2.23. The summed E-state index contributed by atoms with van der Waals surface area (Å²) in [4.78, 5) is 25.5. The minimum absolute atomic E-state index is 0.00269. The molecule has 1 unspecified atom stereocenters. The molecule has 1 heterocycles. The summed E-state index contributed by atoms with van der Waals surface area (Å²) in [5.74, 6) is 0.929. The smallest absolute Gasteiger partial charge is 0.260 e. The highest BCUT2D eigenvalue weighted by molar-refractivity contribution is 5.94. The maximum atomic E-state index is 12.3. The van der Waals surface area contributed by atoms with Crippen molar-refractivity contribution < 1.29 is 19.1 Å². The van der Waals surface area contributed by atoms with Crippen molar-refractivity contribution in [2.75, 3.05) is 32.9 Å². The molecule has 1 saturated heterocycles. The van der Waals surface area contributed by atoms with Gasteiger partial charge in [-0.2, -0.15) is 0 Å². The molecule has 5 heteroatoms. The number of piperidine rings is 1. The second-order valence-electron chi connectivity index (χ2n) is 5.88. The van der Waals surface area contributed by atoms with Crippen molar-refractivity contribution in [3.05, 3.63) is 29.8 Å². The van der Waals surface area contributed by atoms with E-state index in [1.807, 2.05) is 11.8 Å². The number of carbonyl (C=O) groups is 2. The summed E-state index contributed by atoms with van der Waals surface area (Å²) in [7, 11) is 0. The standard InChI is InChI=1S/C18H25NO4/c1-3-22-12-15-6-5-9-19(11-15)18(21)13-23-17-8-4-7-16(10-17)14(2)20/h4,7-8,10,15H,3,5-6,9,11-13H2,1-2H3. The number of hydrogen-bond acceptors (Lipinski definition) is 4. The predicted molar refractivity (Wildman–Crippen MR) is 87.7 cm³/mol. The maximum Gasteiger partial charge on any atom is 0.260 e. The summed E-state index contributed by atoms with van der Waals surface area (Å²) < 4.78 is 11.0. The van der Waals surface area contributed by atoms with Crippen molar-refractivity contribution in [1.82, 2.24) is 4.90 Å². The first-order valence-electron chi connectivity index (χ1n) is 8.19. The predicted octanol–water partition coefficient (Wildman–Crippen LogP) is 2.54. The van der Waals surface area contributed by atoms with Gasteiger partial charge in [-0.1, -0.05) is 12.1 Å². The number of amides is 1. The Morgan fingerprint density at radius 1 is 1.35 bits per heavy atom. The van der Waals surface area contributed by atoms with Gasteiger partial charge in [0, 0.05) is 25.3 Å². The molecule has 0 saturated carbocycles. The molecule has 2 rings (SSSR count). The largest absolute Gasteiger partial charge is 0.484 e. The fraction of sp³-hybridized carbons (Fsp3) is 0.556.